The summed E-state index contributed by atoms with van der Waals surface area (Å²) in [4.78, 5) is 21.3. The molecule has 1 atom stereocenters. The SMILES string of the molecule is COCCN(C)CC(=O)N1CCC[C@@H](c2nccn2Cc2ccccc2)C1. The Morgan fingerprint density at radius 2 is 2.15 bits per heavy atom. The molecular weight excluding hydrogens is 340 g/mol. The van der Waals surface area contributed by atoms with E-state index in [2.05, 4.69) is 33.8 Å². The number of carbonyl (C=O) groups excluding carboxylic acids is 1. The van der Waals surface area contributed by atoms with Crippen molar-refractivity contribution in [2.75, 3.05) is 46.9 Å². The zero-order valence-corrected chi connectivity index (χ0v) is 16.4. The molecule has 1 aliphatic rings. The van der Waals surface area contributed by atoms with Gasteiger partial charge in [-0.2, -0.15) is 0 Å². The van der Waals surface area contributed by atoms with Crippen molar-refractivity contribution in [3.8, 4) is 0 Å². The van der Waals surface area contributed by atoms with E-state index in [1.807, 2.05) is 35.3 Å². The summed E-state index contributed by atoms with van der Waals surface area (Å²) >= 11 is 0. The quantitative estimate of drug-likeness (QED) is 0.715. The second-order valence-corrected chi connectivity index (χ2v) is 7.31. The molecule has 0 saturated carbocycles. The van der Waals surface area contributed by atoms with Crippen LogP contribution in [0.5, 0.6) is 0 Å². The van der Waals surface area contributed by atoms with Gasteiger partial charge in [0.2, 0.25) is 5.91 Å². The highest BCUT2D eigenvalue weighted by molar-refractivity contribution is 5.78. The van der Waals surface area contributed by atoms with Crippen LogP contribution in [0.1, 0.15) is 30.1 Å². The van der Waals surface area contributed by atoms with Crippen LogP contribution in [0, 0.1) is 0 Å². The zero-order valence-electron chi connectivity index (χ0n) is 16.4. The highest BCUT2D eigenvalue weighted by atomic mass is 16.5. The summed E-state index contributed by atoms with van der Waals surface area (Å²) in [5.41, 5.74) is 1.26. The van der Waals surface area contributed by atoms with E-state index in [0.717, 1.165) is 44.8 Å². The molecule has 0 N–H and O–H groups in total. The van der Waals surface area contributed by atoms with Crippen molar-refractivity contribution < 1.29 is 9.53 Å². The van der Waals surface area contributed by atoms with Crippen LogP contribution >= 0.6 is 0 Å². The Hall–Kier alpha value is -2.18. The molecule has 1 aromatic carbocycles. The Bertz CT molecular complexity index is 716. The van der Waals surface area contributed by atoms with Crippen LogP contribution in [0.15, 0.2) is 42.7 Å². The summed E-state index contributed by atoms with van der Waals surface area (Å²) in [5, 5.41) is 0. The van der Waals surface area contributed by atoms with Gasteiger partial charge in [-0.15, -0.1) is 0 Å². The number of likely N-dealkylation sites (tertiary alicyclic amines) is 1. The van der Waals surface area contributed by atoms with Crippen LogP contribution < -0.4 is 0 Å². The third-order valence-electron chi connectivity index (χ3n) is 5.16. The normalized spacial score (nSPS) is 17.4. The third kappa shape index (κ3) is 5.40. The lowest BCUT2D eigenvalue weighted by Crippen LogP contribution is -2.44. The molecule has 1 aromatic heterocycles. The zero-order chi connectivity index (χ0) is 19.1. The lowest BCUT2D eigenvalue weighted by Gasteiger charge is -2.33. The number of methoxy groups -OCH3 is 1. The highest BCUT2D eigenvalue weighted by Gasteiger charge is 2.27. The summed E-state index contributed by atoms with van der Waals surface area (Å²) in [6.07, 6.45) is 6.02. The van der Waals surface area contributed by atoms with Gasteiger partial charge >= 0.3 is 0 Å². The topological polar surface area (TPSA) is 50.6 Å². The number of likely N-dealkylation sites (N-methyl/N-ethyl adjacent to an activating group) is 1. The third-order valence-corrected chi connectivity index (χ3v) is 5.16. The molecule has 2 heterocycles. The van der Waals surface area contributed by atoms with Gasteiger partial charge in [0.15, 0.2) is 0 Å². The maximum atomic E-state index is 12.7. The first-order valence-corrected chi connectivity index (χ1v) is 9.67. The molecule has 1 saturated heterocycles. The Labute approximate surface area is 161 Å². The number of piperidine rings is 1. The molecule has 0 aliphatic carbocycles. The van der Waals surface area contributed by atoms with Crippen molar-refractivity contribution in [2.45, 2.75) is 25.3 Å². The average Bonchev–Trinajstić information content (AvgIpc) is 3.15. The first kappa shape index (κ1) is 19.6. The summed E-state index contributed by atoms with van der Waals surface area (Å²) in [7, 11) is 3.65. The van der Waals surface area contributed by atoms with E-state index in [1.165, 1.54) is 5.56 Å². The summed E-state index contributed by atoms with van der Waals surface area (Å²) in [6.45, 7) is 4.26. The minimum Gasteiger partial charge on any atom is -0.383 e. The molecule has 27 heavy (non-hydrogen) atoms. The van der Waals surface area contributed by atoms with E-state index in [-0.39, 0.29) is 5.91 Å². The average molecular weight is 370 g/mol. The molecule has 1 fully saturated rings. The van der Waals surface area contributed by atoms with Crippen LogP contribution in [-0.4, -0.2) is 72.2 Å². The number of ether oxygens (including phenoxy) is 1. The van der Waals surface area contributed by atoms with Crippen LogP contribution in [0.2, 0.25) is 0 Å². The maximum absolute atomic E-state index is 12.7. The second kappa shape index (κ2) is 9.67. The molecule has 3 rings (SSSR count). The minimum atomic E-state index is 0.194. The number of hydrogen-bond acceptors (Lipinski definition) is 4. The van der Waals surface area contributed by atoms with E-state index < -0.39 is 0 Å². The van der Waals surface area contributed by atoms with Crippen molar-refractivity contribution in [3.05, 3.63) is 54.1 Å². The largest absolute Gasteiger partial charge is 0.383 e. The monoisotopic (exact) mass is 370 g/mol. The van der Waals surface area contributed by atoms with Crippen molar-refractivity contribution in [3.63, 3.8) is 0 Å². The Morgan fingerprint density at radius 3 is 2.93 bits per heavy atom. The van der Waals surface area contributed by atoms with E-state index in [0.29, 0.717) is 19.1 Å². The fraction of sp³-hybridized carbons (Fsp3) is 0.524. The van der Waals surface area contributed by atoms with Crippen LogP contribution in [0.4, 0.5) is 0 Å². The highest BCUT2D eigenvalue weighted by Crippen LogP contribution is 2.26. The summed E-state index contributed by atoms with van der Waals surface area (Å²) in [6, 6.07) is 10.4. The molecule has 146 valence electrons. The number of benzene rings is 1. The van der Waals surface area contributed by atoms with Crippen molar-refractivity contribution in [1.82, 2.24) is 19.4 Å². The molecule has 6 heteroatoms. The van der Waals surface area contributed by atoms with Gasteiger partial charge in [-0.1, -0.05) is 30.3 Å². The fourth-order valence-corrected chi connectivity index (χ4v) is 3.67. The van der Waals surface area contributed by atoms with Gasteiger partial charge in [0.05, 0.1) is 13.2 Å². The van der Waals surface area contributed by atoms with Crippen LogP contribution in [0.25, 0.3) is 0 Å². The van der Waals surface area contributed by atoms with Gasteiger partial charge in [0.25, 0.3) is 0 Å². The fourth-order valence-electron chi connectivity index (χ4n) is 3.67. The standard InChI is InChI=1S/C21H30N4O2/c1-23(13-14-27-2)17-20(26)24-11-6-9-19(16-24)21-22-10-12-25(21)15-18-7-4-3-5-8-18/h3-5,7-8,10,12,19H,6,9,11,13-17H2,1-2H3/t19-/m1/s1. The van der Waals surface area contributed by atoms with E-state index in [1.54, 1.807) is 7.11 Å². The molecule has 1 amide bonds. The Morgan fingerprint density at radius 1 is 1.33 bits per heavy atom. The van der Waals surface area contributed by atoms with Gasteiger partial charge in [-0.25, -0.2) is 4.98 Å². The molecule has 1 aliphatic heterocycles. The van der Waals surface area contributed by atoms with Gasteiger partial charge in [-0.05, 0) is 25.5 Å². The molecule has 6 nitrogen and oxygen atoms in total. The number of nitrogens with zero attached hydrogens (tertiary/aromatic N) is 4. The molecule has 0 bridgehead atoms. The number of hydrogen-bond donors (Lipinski definition) is 0. The number of aromatic nitrogens is 2. The molecule has 0 radical (unpaired) electrons. The number of carbonyl (C=O) groups is 1. The van der Waals surface area contributed by atoms with E-state index in [9.17, 15) is 4.79 Å². The lowest BCUT2D eigenvalue weighted by molar-refractivity contribution is -0.133. The predicted molar refractivity (Wildman–Crippen MR) is 106 cm³/mol. The van der Waals surface area contributed by atoms with Crippen molar-refractivity contribution in [1.29, 1.82) is 0 Å². The van der Waals surface area contributed by atoms with Crippen LogP contribution in [-0.2, 0) is 16.1 Å². The van der Waals surface area contributed by atoms with Gasteiger partial charge in [0, 0.05) is 51.6 Å². The van der Waals surface area contributed by atoms with Gasteiger partial charge < -0.3 is 14.2 Å². The molecule has 0 unspecified atom stereocenters. The lowest BCUT2D eigenvalue weighted by atomic mass is 9.97. The number of rotatable bonds is 8. The predicted octanol–water partition coefficient (Wildman–Crippen LogP) is 2.22. The maximum Gasteiger partial charge on any atom is 0.236 e. The van der Waals surface area contributed by atoms with Crippen LogP contribution in [0.3, 0.4) is 0 Å². The first-order valence-electron chi connectivity index (χ1n) is 9.67. The van der Waals surface area contributed by atoms with Gasteiger partial charge in [-0.3, -0.25) is 9.69 Å². The van der Waals surface area contributed by atoms with Crippen molar-refractivity contribution >= 4 is 5.91 Å². The summed E-state index contributed by atoms with van der Waals surface area (Å²) in [5.74, 6) is 1.58. The van der Waals surface area contributed by atoms with Gasteiger partial charge in [0.1, 0.15) is 5.82 Å². The number of amides is 1. The Kier molecular flexibility index (Phi) is 7.01. The number of imidazole rings is 1. The van der Waals surface area contributed by atoms with E-state index >= 15 is 0 Å². The first-order chi connectivity index (χ1) is 13.2. The smallest absolute Gasteiger partial charge is 0.236 e. The minimum absolute atomic E-state index is 0.194. The Balaban J connectivity index is 1.61. The summed E-state index contributed by atoms with van der Waals surface area (Å²) < 4.78 is 7.31. The van der Waals surface area contributed by atoms with Crippen molar-refractivity contribution in [2.24, 2.45) is 0 Å². The molecule has 2 aromatic rings. The molecular formula is C21H30N4O2. The van der Waals surface area contributed by atoms with E-state index in [4.69, 9.17) is 4.74 Å². The second-order valence-electron chi connectivity index (χ2n) is 7.31. The molecule has 0 spiro atoms.